The maximum Gasteiger partial charge on any atom is 0.338 e. The van der Waals surface area contributed by atoms with Gasteiger partial charge < -0.3 is 9.47 Å². The summed E-state index contributed by atoms with van der Waals surface area (Å²) in [6.07, 6.45) is 3.91. The Morgan fingerprint density at radius 2 is 1.88 bits per heavy atom. The Kier molecular flexibility index (Phi) is 6.04. The van der Waals surface area contributed by atoms with Crippen molar-refractivity contribution in [3.8, 4) is 0 Å². The second-order valence-electron chi connectivity index (χ2n) is 3.40. The smallest absolute Gasteiger partial charge is 0.338 e. The molecule has 1 rings (SSSR count). The first-order chi connectivity index (χ1) is 8.27. The van der Waals surface area contributed by atoms with E-state index in [1.165, 1.54) is 0 Å². The molecule has 0 bridgehead atoms. The molecule has 0 saturated heterocycles. The van der Waals surface area contributed by atoms with E-state index in [1.54, 1.807) is 19.1 Å². The van der Waals surface area contributed by atoms with Gasteiger partial charge in [-0.25, -0.2) is 4.79 Å². The van der Waals surface area contributed by atoms with E-state index in [2.05, 4.69) is 0 Å². The van der Waals surface area contributed by atoms with Crippen LogP contribution in [0.2, 0.25) is 0 Å². The maximum atomic E-state index is 11.4. The minimum Gasteiger partial charge on any atom is -0.462 e. The van der Waals surface area contributed by atoms with Crippen molar-refractivity contribution in [3.05, 3.63) is 41.5 Å². The standard InChI is InChI=1S/C14H18O3/c1-3-16-11-5-6-12-7-9-13(10-8-12)14(15)17-4-2/h5-10H,3-4,11H2,1-2H3/b6-5+. The van der Waals surface area contributed by atoms with E-state index in [0.717, 1.165) is 5.56 Å². The lowest BCUT2D eigenvalue weighted by Gasteiger charge is -2.01. The fourth-order valence-electron chi connectivity index (χ4n) is 1.31. The lowest BCUT2D eigenvalue weighted by atomic mass is 10.1. The minimum absolute atomic E-state index is 0.280. The molecule has 0 fully saturated rings. The fraction of sp³-hybridized carbons (Fsp3) is 0.357. The van der Waals surface area contributed by atoms with Crippen molar-refractivity contribution in [2.75, 3.05) is 19.8 Å². The van der Waals surface area contributed by atoms with E-state index in [0.29, 0.717) is 25.4 Å². The highest BCUT2D eigenvalue weighted by Crippen LogP contribution is 2.07. The third-order valence-corrected chi connectivity index (χ3v) is 2.15. The quantitative estimate of drug-likeness (QED) is 0.561. The monoisotopic (exact) mass is 234 g/mol. The summed E-state index contributed by atoms with van der Waals surface area (Å²) in [5.74, 6) is -0.280. The van der Waals surface area contributed by atoms with Crippen molar-refractivity contribution in [2.45, 2.75) is 13.8 Å². The van der Waals surface area contributed by atoms with Crippen LogP contribution in [0.1, 0.15) is 29.8 Å². The molecule has 0 radical (unpaired) electrons. The second-order valence-corrected chi connectivity index (χ2v) is 3.40. The highest BCUT2D eigenvalue weighted by molar-refractivity contribution is 5.89. The first-order valence-corrected chi connectivity index (χ1v) is 5.79. The molecule has 3 nitrogen and oxygen atoms in total. The highest BCUT2D eigenvalue weighted by atomic mass is 16.5. The lowest BCUT2D eigenvalue weighted by Crippen LogP contribution is -2.03. The summed E-state index contributed by atoms with van der Waals surface area (Å²) < 4.78 is 10.1. The van der Waals surface area contributed by atoms with Crippen LogP contribution in [0.5, 0.6) is 0 Å². The van der Waals surface area contributed by atoms with Gasteiger partial charge in [-0.1, -0.05) is 24.3 Å². The number of hydrogen-bond donors (Lipinski definition) is 0. The zero-order valence-electron chi connectivity index (χ0n) is 10.3. The Morgan fingerprint density at radius 3 is 2.47 bits per heavy atom. The van der Waals surface area contributed by atoms with Gasteiger partial charge in [0.15, 0.2) is 0 Å². The number of ether oxygens (including phenoxy) is 2. The van der Waals surface area contributed by atoms with Crippen LogP contribution in [0.4, 0.5) is 0 Å². The molecule has 17 heavy (non-hydrogen) atoms. The topological polar surface area (TPSA) is 35.5 Å². The van der Waals surface area contributed by atoms with Crippen molar-refractivity contribution in [1.29, 1.82) is 0 Å². The Hall–Kier alpha value is -1.61. The summed E-state index contributed by atoms with van der Waals surface area (Å²) in [6.45, 7) is 5.47. The van der Waals surface area contributed by atoms with Gasteiger partial charge in [0.05, 0.1) is 18.8 Å². The van der Waals surface area contributed by atoms with Gasteiger partial charge in [0.1, 0.15) is 0 Å². The van der Waals surface area contributed by atoms with Gasteiger partial charge in [0.25, 0.3) is 0 Å². The fourth-order valence-corrected chi connectivity index (χ4v) is 1.31. The molecule has 92 valence electrons. The van der Waals surface area contributed by atoms with Crippen molar-refractivity contribution < 1.29 is 14.3 Å². The van der Waals surface area contributed by atoms with E-state index in [4.69, 9.17) is 9.47 Å². The van der Waals surface area contributed by atoms with Crippen LogP contribution in [0.25, 0.3) is 6.08 Å². The number of carbonyl (C=O) groups is 1. The minimum atomic E-state index is -0.280. The van der Waals surface area contributed by atoms with Gasteiger partial charge in [-0.05, 0) is 31.5 Å². The summed E-state index contributed by atoms with van der Waals surface area (Å²) >= 11 is 0. The third kappa shape index (κ3) is 4.83. The molecule has 1 aromatic carbocycles. The Bertz CT molecular complexity index is 366. The van der Waals surface area contributed by atoms with Gasteiger partial charge >= 0.3 is 5.97 Å². The number of hydrogen-bond acceptors (Lipinski definition) is 3. The van der Waals surface area contributed by atoms with Crippen LogP contribution >= 0.6 is 0 Å². The Morgan fingerprint density at radius 1 is 1.18 bits per heavy atom. The third-order valence-electron chi connectivity index (χ3n) is 2.15. The van der Waals surface area contributed by atoms with Crippen LogP contribution in [0, 0.1) is 0 Å². The van der Waals surface area contributed by atoms with Crippen LogP contribution in [-0.4, -0.2) is 25.8 Å². The first kappa shape index (κ1) is 13.5. The largest absolute Gasteiger partial charge is 0.462 e. The molecule has 0 atom stereocenters. The molecule has 0 unspecified atom stereocenters. The molecular weight excluding hydrogens is 216 g/mol. The van der Waals surface area contributed by atoms with E-state index in [1.807, 2.05) is 31.2 Å². The molecule has 0 aliphatic carbocycles. The summed E-state index contributed by atoms with van der Waals surface area (Å²) in [6, 6.07) is 7.29. The number of carbonyl (C=O) groups excluding carboxylic acids is 1. The van der Waals surface area contributed by atoms with Crippen LogP contribution in [-0.2, 0) is 9.47 Å². The number of benzene rings is 1. The summed E-state index contributed by atoms with van der Waals surface area (Å²) in [5.41, 5.74) is 1.62. The Labute approximate surface area is 102 Å². The predicted octanol–water partition coefficient (Wildman–Crippen LogP) is 2.91. The molecule has 0 saturated carbocycles. The van der Waals surface area contributed by atoms with Gasteiger partial charge in [-0.15, -0.1) is 0 Å². The SMILES string of the molecule is CCOC/C=C/c1ccc(C(=O)OCC)cc1. The Balaban J connectivity index is 2.55. The van der Waals surface area contributed by atoms with Crippen molar-refractivity contribution in [3.63, 3.8) is 0 Å². The molecule has 3 heteroatoms. The number of esters is 1. The molecule has 0 aliphatic heterocycles. The molecule has 0 aliphatic rings. The van der Waals surface area contributed by atoms with Gasteiger partial charge in [-0.3, -0.25) is 0 Å². The molecule has 0 aromatic heterocycles. The molecule has 0 N–H and O–H groups in total. The molecule has 0 heterocycles. The van der Waals surface area contributed by atoms with E-state index < -0.39 is 0 Å². The van der Waals surface area contributed by atoms with Gasteiger partial charge in [0.2, 0.25) is 0 Å². The zero-order chi connectivity index (χ0) is 12.5. The molecule has 0 amide bonds. The van der Waals surface area contributed by atoms with E-state index in [9.17, 15) is 4.79 Å². The van der Waals surface area contributed by atoms with Gasteiger partial charge in [-0.2, -0.15) is 0 Å². The summed E-state index contributed by atoms with van der Waals surface area (Å²) in [5, 5.41) is 0. The molecule has 1 aromatic rings. The van der Waals surface area contributed by atoms with Crippen molar-refractivity contribution in [1.82, 2.24) is 0 Å². The van der Waals surface area contributed by atoms with Crippen LogP contribution in [0.15, 0.2) is 30.3 Å². The predicted molar refractivity (Wildman–Crippen MR) is 67.9 cm³/mol. The highest BCUT2D eigenvalue weighted by Gasteiger charge is 2.04. The van der Waals surface area contributed by atoms with Crippen LogP contribution in [0.3, 0.4) is 0 Å². The van der Waals surface area contributed by atoms with Gasteiger partial charge in [0, 0.05) is 6.61 Å². The summed E-state index contributed by atoms with van der Waals surface area (Å²) in [4.78, 5) is 11.4. The molecular formula is C14H18O3. The zero-order valence-corrected chi connectivity index (χ0v) is 10.3. The average Bonchev–Trinajstić information content (AvgIpc) is 2.36. The van der Waals surface area contributed by atoms with E-state index in [-0.39, 0.29) is 5.97 Å². The second kappa shape index (κ2) is 7.63. The van der Waals surface area contributed by atoms with Crippen LogP contribution < -0.4 is 0 Å². The average molecular weight is 234 g/mol. The van der Waals surface area contributed by atoms with Crippen molar-refractivity contribution >= 4 is 12.0 Å². The molecule has 0 spiro atoms. The van der Waals surface area contributed by atoms with Crippen molar-refractivity contribution in [2.24, 2.45) is 0 Å². The normalized spacial score (nSPS) is 10.7. The number of rotatable bonds is 6. The first-order valence-electron chi connectivity index (χ1n) is 5.79. The van der Waals surface area contributed by atoms with E-state index >= 15 is 0 Å². The maximum absolute atomic E-state index is 11.4. The lowest BCUT2D eigenvalue weighted by molar-refractivity contribution is 0.0526. The summed E-state index contributed by atoms with van der Waals surface area (Å²) in [7, 11) is 0.